The van der Waals surface area contributed by atoms with Crippen molar-refractivity contribution in [1.29, 1.82) is 0 Å². The Kier molecular flexibility index (Phi) is 6.32. The van der Waals surface area contributed by atoms with Gasteiger partial charge in [-0.2, -0.15) is 0 Å². The van der Waals surface area contributed by atoms with Crippen LogP contribution in [0.15, 0.2) is 0 Å². The Labute approximate surface area is 101 Å². The van der Waals surface area contributed by atoms with Gasteiger partial charge in [-0.15, -0.1) is 0 Å². The number of ether oxygens (including phenoxy) is 1. The lowest BCUT2D eigenvalue weighted by Gasteiger charge is -2.33. The molecule has 0 aliphatic heterocycles. The van der Waals surface area contributed by atoms with E-state index in [2.05, 4.69) is 31.1 Å². The van der Waals surface area contributed by atoms with E-state index in [1.165, 1.54) is 19.3 Å². The highest BCUT2D eigenvalue weighted by molar-refractivity contribution is 4.87. The zero-order valence-electron chi connectivity index (χ0n) is 11.3. The van der Waals surface area contributed by atoms with Crippen molar-refractivity contribution < 1.29 is 4.74 Å². The van der Waals surface area contributed by atoms with Gasteiger partial charge >= 0.3 is 0 Å². The Bertz CT molecular complexity index is 183. The van der Waals surface area contributed by atoms with E-state index in [4.69, 9.17) is 4.74 Å². The predicted molar refractivity (Wildman–Crippen MR) is 68.8 cm³/mol. The second-order valence-corrected chi connectivity index (χ2v) is 5.06. The third-order valence-corrected chi connectivity index (χ3v) is 3.69. The molecule has 2 unspecified atom stereocenters. The van der Waals surface area contributed by atoms with Gasteiger partial charge in [0.2, 0.25) is 0 Å². The molecule has 0 bridgehead atoms. The normalized spacial score (nSPS) is 20.1. The van der Waals surface area contributed by atoms with Gasteiger partial charge in [-0.3, -0.25) is 4.90 Å². The molecule has 0 amide bonds. The average Bonchev–Trinajstić information content (AvgIpc) is 3.10. The summed E-state index contributed by atoms with van der Waals surface area (Å²) in [4.78, 5) is 2.49. The van der Waals surface area contributed by atoms with Crippen LogP contribution in [-0.4, -0.2) is 50.8 Å². The molecule has 0 saturated heterocycles. The molecule has 16 heavy (non-hydrogen) atoms. The molecule has 2 atom stereocenters. The van der Waals surface area contributed by atoms with Gasteiger partial charge in [0.1, 0.15) is 0 Å². The van der Waals surface area contributed by atoms with Gasteiger partial charge < -0.3 is 10.1 Å². The molecule has 96 valence electrons. The van der Waals surface area contributed by atoms with E-state index in [9.17, 15) is 0 Å². The summed E-state index contributed by atoms with van der Waals surface area (Å²) in [6.45, 7) is 7.51. The van der Waals surface area contributed by atoms with Gasteiger partial charge in [0.15, 0.2) is 0 Å². The smallest absolute Gasteiger partial charge is 0.0630 e. The Balaban J connectivity index is 2.33. The zero-order valence-corrected chi connectivity index (χ0v) is 11.3. The molecule has 1 saturated carbocycles. The summed E-state index contributed by atoms with van der Waals surface area (Å²) in [5.74, 6) is 0.926. The lowest BCUT2D eigenvalue weighted by molar-refractivity contribution is 0.0777. The molecule has 3 nitrogen and oxygen atoms in total. The van der Waals surface area contributed by atoms with Crippen LogP contribution in [0.25, 0.3) is 0 Å². The molecule has 3 heteroatoms. The van der Waals surface area contributed by atoms with Crippen molar-refractivity contribution in [3.05, 3.63) is 0 Å². The van der Waals surface area contributed by atoms with Crippen LogP contribution in [0, 0.1) is 5.92 Å². The summed E-state index contributed by atoms with van der Waals surface area (Å²) in [7, 11) is 4.03. The molecule has 0 aromatic carbocycles. The van der Waals surface area contributed by atoms with Crippen molar-refractivity contribution in [2.75, 3.05) is 33.9 Å². The van der Waals surface area contributed by atoms with Gasteiger partial charge in [0, 0.05) is 25.7 Å². The molecule has 1 N–H and O–H groups in total. The van der Waals surface area contributed by atoms with E-state index in [-0.39, 0.29) is 0 Å². The SMILES string of the molecule is CCCNCC(COC)N(C)C(C)C1CC1. The van der Waals surface area contributed by atoms with Crippen LogP contribution in [0.4, 0.5) is 0 Å². The largest absolute Gasteiger partial charge is 0.383 e. The highest BCUT2D eigenvalue weighted by Crippen LogP contribution is 2.35. The van der Waals surface area contributed by atoms with Gasteiger partial charge in [-0.25, -0.2) is 0 Å². The molecule has 1 aliphatic carbocycles. The highest BCUT2D eigenvalue weighted by Gasteiger charge is 2.32. The second kappa shape index (κ2) is 7.25. The number of likely N-dealkylation sites (N-methyl/N-ethyl adjacent to an activating group) is 1. The van der Waals surface area contributed by atoms with E-state index in [1.807, 2.05) is 0 Å². The molecule has 1 aliphatic rings. The predicted octanol–water partition coefficient (Wildman–Crippen LogP) is 1.73. The zero-order chi connectivity index (χ0) is 12.0. The monoisotopic (exact) mass is 228 g/mol. The van der Waals surface area contributed by atoms with Crippen LogP contribution in [0.5, 0.6) is 0 Å². The fourth-order valence-corrected chi connectivity index (χ4v) is 2.20. The number of nitrogens with one attached hydrogen (secondary N) is 1. The third-order valence-electron chi connectivity index (χ3n) is 3.69. The Morgan fingerprint density at radius 1 is 1.44 bits per heavy atom. The van der Waals surface area contributed by atoms with Crippen LogP contribution >= 0.6 is 0 Å². The Morgan fingerprint density at radius 2 is 2.12 bits per heavy atom. The van der Waals surface area contributed by atoms with Gasteiger partial charge in [-0.05, 0) is 45.7 Å². The van der Waals surface area contributed by atoms with Crippen LogP contribution in [0.1, 0.15) is 33.1 Å². The fraction of sp³-hybridized carbons (Fsp3) is 1.00. The van der Waals surface area contributed by atoms with Crippen LogP contribution < -0.4 is 5.32 Å². The van der Waals surface area contributed by atoms with Crippen molar-refractivity contribution in [1.82, 2.24) is 10.2 Å². The van der Waals surface area contributed by atoms with Crippen molar-refractivity contribution >= 4 is 0 Å². The minimum absolute atomic E-state index is 0.507. The summed E-state index contributed by atoms with van der Waals surface area (Å²) in [5, 5.41) is 3.49. The quantitative estimate of drug-likeness (QED) is 0.608. The standard InChI is InChI=1S/C13H28N2O/c1-5-8-14-9-13(10-16-4)15(3)11(2)12-6-7-12/h11-14H,5-10H2,1-4H3. The molecule has 1 rings (SSSR count). The molecule has 1 fully saturated rings. The summed E-state index contributed by atoms with van der Waals surface area (Å²) in [6, 6.07) is 1.20. The van der Waals surface area contributed by atoms with E-state index in [1.54, 1.807) is 7.11 Å². The first-order valence-electron chi connectivity index (χ1n) is 6.62. The molecular formula is C13H28N2O. The second-order valence-electron chi connectivity index (χ2n) is 5.06. The number of hydrogen-bond donors (Lipinski definition) is 1. The molecular weight excluding hydrogens is 200 g/mol. The average molecular weight is 228 g/mol. The maximum atomic E-state index is 5.32. The van der Waals surface area contributed by atoms with Crippen LogP contribution in [-0.2, 0) is 4.74 Å². The van der Waals surface area contributed by atoms with Crippen molar-refractivity contribution in [2.45, 2.75) is 45.2 Å². The van der Waals surface area contributed by atoms with Crippen molar-refractivity contribution in [2.24, 2.45) is 5.92 Å². The minimum atomic E-state index is 0.507. The number of hydrogen-bond acceptors (Lipinski definition) is 3. The van der Waals surface area contributed by atoms with E-state index >= 15 is 0 Å². The van der Waals surface area contributed by atoms with Crippen molar-refractivity contribution in [3.63, 3.8) is 0 Å². The highest BCUT2D eigenvalue weighted by atomic mass is 16.5. The van der Waals surface area contributed by atoms with E-state index < -0.39 is 0 Å². The van der Waals surface area contributed by atoms with E-state index in [0.29, 0.717) is 12.1 Å². The number of rotatable bonds is 9. The van der Waals surface area contributed by atoms with Gasteiger partial charge in [-0.1, -0.05) is 6.92 Å². The van der Waals surface area contributed by atoms with Crippen molar-refractivity contribution in [3.8, 4) is 0 Å². The van der Waals surface area contributed by atoms with Gasteiger partial charge in [0.05, 0.1) is 6.61 Å². The minimum Gasteiger partial charge on any atom is -0.383 e. The molecule has 0 aromatic heterocycles. The fourth-order valence-electron chi connectivity index (χ4n) is 2.20. The van der Waals surface area contributed by atoms with Gasteiger partial charge in [0.25, 0.3) is 0 Å². The maximum Gasteiger partial charge on any atom is 0.0630 e. The first-order valence-corrected chi connectivity index (χ1v) is 6.62. The summed E-state index contributed by atoms with van der Waals surface area (Å²) in [6.07, 6.45) is 4.02. The Hall–Kier alpha value is -0.120. The number of methoxy groups -OCH3 is 1. The first kappa shape index (κ1) is 13.9. The van der Waals surface area contributed by atoms with Crippen LogP contribution in [0.2, 0.25) is 0 Å². The summed E-state index contributed by atoms with van der Waals surface area (Å²) in [5.41, 5.74) is 0. The maximum absolute atomic E-state index is 5.32. The summed E-state index contributed by atoms with van der Waals surface area (Å²) >= 11 is 0. The first-order chi connectivity index (χ1) is 7.70. The Morgan fingerprint density at radius 3 is 2.62 bits per heavy atom. The topological polar surface area (TPSA) is 24.5 Å². The number of nitrogens with zero attached hydrogens (tertiary/aromatic N) is 1. The summed E-state index contributed by atoms with van der Waals surface area (Å²) < 4.78 is 5.32. The molecule has 0 spiro atoms. The molecule has 0 aromatic rings. The van der Waals surface area contributed by atoms with Crippen LogP contribution in [0.3, 0.4) is 0 Å². The van der Waals surface area contributed by atoms with E-state index in [0.717, 1.165) is 25.6 Å². The lowest BCUT2D eigenvalue weighted by Crippen LogP contribution is -2.47. The molecule has 0 heterocycles. The third kappa shape index (κ3) is 4.40. The lowest BCUT2D eigenvalue weighted by atomic mass is 10.1. The molecule has 0 radical (unpaired) electrons.